The van der Waals surface area contributed by atoms with Gasteiger partial charge in [0.05, 0.1) is 11.6 Å². The van der Waals surface area contributed by atoms with Crippen molar-refractivity contribution < 1.29 is 19.4 Å². The maximum absolute atomic E-state index is 13.2. The lowest BCUT2D eigenvalue weighted by Gasteiger charge is -2.25. The molecular weight excluding hydrogens is 452 g/mol. The van der Waals surface area contributed by atoms with Crippen molar-refractivity contribution in [3.05, 3.63) is 137 Å². The molecule has 1 amide bonds. The van der Waals surface area contributed by atoms with E-state index in [1.807, 2.05) is 66.7 Å². The molecule has 1 aliphatic rings. The summed E-state index contributed by atoms with van der Waals surface area (Å²) >= 11 is 0. The first kappa shape index (κ1) is 23.1. The van der Waals surface area contributed by atoms with Crippen LogP contribution in [0.1, 0.15) is 28.3 Å². The van der Waals surface area contributed by atoms with Gasteiger partial charge in [0.25, 0.3) is 11.7 Å². The smallest absolute Gasteiger partial charge is 0.295 e. The Morgan fingerprint density at radius 3 is 2.17 bits per heavy atom. The zero-order valence-electron chi connectivity index (χ0n) is 19.5. The summed E-state index contributed by atoms with van der Waals surface area (Å²) in [5.41, 5.74) is 3.07. The molecule has 6 heteroatoms. The van der Waals surface area contributed by atoms with Crippen molar-refractivity contribution >= 4 is 17.4 Å². The Hall–Kier alpha value is -4.71. The van der Waals surface area contributed by atoms with Gasteiger partial charge in [-0.05, 0) is 47.0 Å². The lowest BCUT2D eigenvalue weighted by molar-refractivity contribution is -0.140. The molecule has 1 aromatic heterocycles. The third-order valence-corrected chi connectivity index (χ3v) is 6.11. The number of hydrogen-bond acceptors (Lipinski definition) is 5. The van der Waals surface area contributed by atoms with E-state index in [1.54, 1.807) is 42.7 Å². The Bertz CT molecular complexity index is 1390. The number of Topliss-reactive ketones (excluding diaryl/α,β-unsaturated/α-hetero) is 1. The van der Waals surface area contributed by atoms with Crippen LogP contribution in [0.2, 0.25) is 0 Å². The van der Waals surface area contributed by atoms with Crippen LogP contribution in [0.4, 0.5) is 0 Å². The van der Waals surface area contributed by atoms with Crippen molar-refractivity contribution in [1.82, 2.24) is 9.88 Å². The summed E-state index contributed by atoms with van der Waals surface area (Å²) in [5, 5.41) is 11.2. The highest BCUT2D eigenvalue weighted by Gasteiger charge is 2.46. The minimum Gasteiger partial charge on any atom is -0.507 e. The van der Waals surface area contributed by atoms with Gasteiger partial charge in [-0.3, -0.25) is 14.6 Å². The number of aliphatic hydroxyl groups is 1. The van der Waals surface area contributed by atoms with Crippen LogP contribution in [0.5, 0.6) is 5.75 Å². The van der Waals surface area contributed by atoms with Crippen molar-refractivity contribution in [3.63, 3.8) is 0 Å². The van der Waals surface area contributed by atoms with Gasteiger partial charge in [0.1, 0.15) is 18.1 Å². The van der Waals surface area contributed by atoms with Crippen molar-refractivity contribution in [2.75, 3.05) is 0 Å². The highest BCUT2D eigenvalue weighted by Crippen LogP contribution is 2.40. The molecule has 1 aliphatic heterocycles. The van der Waals surface area contributed by atoms with Gasteiger partial charge in [-0.1, -0.05) is 66.7 Å². The third-order valence-electron chi connectivity index (χ3n) is 6.11. The SMILES string of the molecule is O=C1C(=O)N(Cc2cccnc2)[C@@H](c2ccccc2)C1=C(O)c1ccc(OCc2ccccc2)cc1. The number of rotatable bonds is 7. The maximum Gasteiger partial charge on any atom is 0.295 e. The molecule has 36 heavy (non-hydrogen) atoms. The number of likely N-dealkylation sites (tertiary alicyclic amines) is 1. The average molecular weight is 477 g/mol. The Labute approximate surface area is 209 Å². The van der Waals surface area contributed by atoms with Gasteiger partial charge in [-0.25, -0.2) is 0 Å². The van der Waals surface area contributed by atoms with Gasteiger partial charge in [0.15, 0.2) is 0 Å². The van der Waals surface area contributed by atoms with Crippen molar-refractivity contribution in [3.8, 4) is 5.75 Å². The summed E-state index contributed by atoms with van der Waals surface area (Å²) in [5.74, 6) is -0.954. The predicted octanol–water partition coefficient (Wildman–Crippen LogP) is 5.28. The summed E-state index contributed by atoms with van der Waals surface area (Å²) in [7, 11) is 0. The second-order valence-electron chi connectivity index (χ2n) is 8.50. The van der Waals surface area contributed by atoms with Crippen LogP contribution in [0, 0.1) is 0 Å². The Balaban J connectivity index is 1.47. The van der Waals surface area contributed by atoms with E-state index in [-0.39, 0.29) is 17.9 Å². The number of benzene rings is 3. The molecule has 2 heterocycles. The van der Waals surface area contributed by atoms with Crippen LogP contribution in [0.25, 0.3) is 5.76 Å². The zero-order chi connectivity index (χ0) is 24.9. The van der Waals surface area contributed by atoms with Gasteiger partial charge in [-0.2, -0.15) is 0 Å². The molecule has 178 valence electrons. The highest BCUT2D eigenvalue weighted by atomic mass is 16.5. The minimum atomic E-state index is -0.722. The molecular formula is C30H24N2O4. The zero-order valence-corrected chi connectivity index (χ0v) is 19.5. The molecule has 5 rings (SSSR count). The van der Waals surface area contributed by atoms with E-state index in [1.165, 1.54) is 4.90 Å². The first-order valence-electron chi connectivity index (χ1n) is 11.6. The molecule has 1 saturated heterocycles. The fourth-order valence-electron chi connectivity index (χ4n) is 4.32. The van der Waals surface area contributed by atoms with Crippen LogP contribution in [0.15, 0.2) is 115 Å². The molecule has 0 bridgehead atoms. The number of ketones is 1. The van der Waals surface area contributed by atoms with Gasteiger partial charge in [-0.15, -0.1) is 0 Å². The molecule has 1 atom stereocenters. The van der Waals surface area contributed by atoms with Crippen molar-refractivity contribution in [2.24, 2.45) is 0 Å². The number of aromatic nitrogens is 1. The van der Waals surface area contributed by atoms with Crippen LogP contribution >= 0.6 is 0 Å². The Kier molecular flexibility index (Phi) is 6.58. The number of carbonyl (C=O) groups excluding carboxylic acids is 2. The van der Waals surface area contributed by atoms with Crippen molar-refractivity contribution in [2.45, 2.75) is 19.2 Å². The third kappa shape index (κ3) is 4.74. The summed E-state index contributed by atoms with van der Waals surface area (Å²) in [6.07, 6.45) is 3.31. The second-order valence-corrected chi connectivity index (χ2v) is 8.50. The first-order chi connectivity index (χ1) is 17.6. The molecule has 4 aromatic rings. The van der Waals surface area contributed by atoms with Gasteiger partial charge in [0.2, 0.25) is 0 Å². The predicted molar refractivity (Wildman–Crippen MR) is 136 cm³/mol. The summed E-state index contributed by atoms with van der Waals surface area (Å²) < 4.78 is 5.83. The Morgan fingerprint density at radius 2 is 1.50 bits per heavy atom. The number of ether oxygens (including phenoxy) is 1. The van der Waals surface area contributed by atoms with E-state index in [9.17, 15) is 14.7 Å². The lowest BCUT2D eigenvalue weighted by Crippen LogP contribution is -2.29. The number of aliphatic hydroxyl groups excluding tert-OH is 1. The average Bonchev–Trinajstić information content (AvgIpc) is 3.18. The van der Waals surface area contributed by atoms with E-state index in [0.29, 0.717) is 17.9 Å². The van der Waals surface area contributed by atoms with Crippen LogP contribution < -0.4 is 4.74 Å². The fourth-order valence-corrected chi connectivity index (χ4v) is 4.32. The monoisotopic (exact) mass is 476 g/mol. The molecule has 0 radical (unpaired) electrons. The quantitative estimate of drug-likeness (QED) is 0.223. The number of pyridine rings is 1. The Morgan fingerprint density at radius 1 is 0.833 bits per heavy atom. The first-order valence-corrected chi connectivity index (χ1v) is 11.6. The largest absolute Gasteiger partial charge is 0.507 e. The van der Waals surface area contributed by atoms with Crippen LogP contribution in [-0.4, -0.2) is 26.7 Å². The van der Waals surface area contributed by atoms with Gasteiger partial charge in [0, 0.05) is 24.5 Å². The molecule has 6 nitrogen and oxygen atoms in total. The van der Waals surface area contributed by atoms with E-state index >= 15 is 0 Å². The number of carbonyl (C=O) groups is 2. The summed E-state index contributed by atoms with van der Waals surface area (Å²) in [4.78, 5) is 31.9. The second kappa shape index (κ2) is 10.3. The maximum atomic E-state index is 13.2. The molecule has 0 aliphatic carbocycles. The van der Waals surface area contributed by atoms with E-state index in [4.69, 9.17) is 4.74 Å². The number of amides is 1. The van der Waals surface area contributed by atoms with E-state index in [0.717, 1.165) is 16.7 Å². The molecule has 3 aromatic carbocycles. The topological polar surface area (TPSA) is 79.7 Å². The normalized spacial score (nSPS) is 16.8. The number of nitrogens with zero attached hydrogens (tertiary/aromatic N) is 2. The number of hydrogen-bond donors (Lipinski definition) is 1. The van der Waals surface area contributed by atoms with Crippen LogP contribution in [-0.2, 0) is 22.7 Å². The van der Waals surface area contributed by atoms with Crippen molar-refractivity contribution in [1.29, 1.82) is 0 Å². The fraction of sp³-hybridized carbons (Fsp3) is 0.100. The molecule has 1 fully saturated rings. The molecule has 0 unspecified atom stereocenters. The van der Waals surface area contributed by atoms with E-state index in [2.05, 4.69) is 4.98 Å². The molecule has 1 N–H and O–H groups in total. The van der Waals surface area contributed by atoms with Gasteiger partial charge >= 0.3 is 0 Å². The van der Waals surface area contributed by atoms with Gasteiger partial charge < -0.3 is 14.7 Å². The highest BCUT2D eigenvalue weighted by molar-refractivity contribution is 6.46. The standard InChI is InChI=1S/C30H24N2O4/c33-28(24-13-15-25(16-14-24)36-20-21-8-3-1-4-9-21)26-27(23-11-5-2-6-12-23)32(30(35)29(26)34)19-22-10-7-17-31-18-22/h1-18,27,33H,19-20H2/t27-/m0/s1. The van der Waals surface area contributed by atoms with E-state index < -0.39 is 17.7 Å². The lowest BCUT2D eigenvalue weighted by atomic mass is 9.95. The molecule has 0 saturated carbocycles. The molecule has 0 spiro atoms. The van der Waals surface area contributed by atoms with Crippen LogP contribution in [0.3, 0.4) is 0 Å². The minimum absolute atomic E-state index is 0.0630. The summed E-state index contributed by atoms with van der Waals surface area (Å²) in [6.45, 7) is 0.612. The summed E-state index contributed by atoms with van der Waals surface area (Å²) in [6, 6.07) is 28.8.